The van der Waals surface area contributed by atoms with Gasteiger partial charge in [0.2, 0.25) is 0 Å². The van der Waals surface area contributed by atoms with Crippen molar-refractivity contribution in [1.82, 2.24) is 10.3 Å². The summed E-state index contributed by atoms with van der Waals surface area (Å²) in [5.41, 5.74) is 0.583. The van der Waals surface area contributed by atoms with Crippen molar-refractivity contribution in [1.29, 1.82) is 0 Å². The molecule has 1 amide bonds. The molecule has 1 unspecified atom stereocenters. The monoisotopic (exact) mass is 367 g/mol. The highest BCUT2D eigenvalue weighted by molar-refractivity contribution is 9.08. The van der Waals surface area contributed by atoms with Crippen LogP contribution in [0.3, 0.4) is 0 Å². The third-order valence-corrected chi connectivity index (χ3v) is 4.54. The average Bonchev–Trinajstić information content (AvgIpc) is 2.82. The summed E-state index contributed by atoms with van der Waals surface area (Å²) in [6.45, 7) is 5.62. The molecule has 0 saturated heterocycles. The van der Waals surface area contributed by atoms with E-state index in [0.29, 0.717) is 16.9 Å². The maximum absolute atomic E-state index is 12.2. The van der Waals surface area contributed by atoms with Gasteiger partial charge >= 0.3 is 5.97 Å². The predicted molar refractivity (Wildman–Crippen MR) is 86.1 cm³/mol. The van der Waals surface area contributed by atoms with Gasteiger partial charge in [0.15, 0.2) is 5.84 Å². The molecule has 1 aliphatic rings. The zero-order chi connectivity index (χ0) is 16.5. The van der Waals surface area contributed by atoms with E-state index in [0.717, 1.165) is 5.56 Å². The zero-order valence-electron chi connectivity index (χ0n) is 12.9. The summed E-state index contributed by atoms with van der Waals surface area (Å²) in [6, 6.07) is 1.68. The molecule has 22 heavy (non-hydrogen) atoms. The van der Waals surface area contributed by atoms with Gasteiger partial charge in [-0.3, -0.25) is 9.78 Å². The van der Waals surface area contributed by atoms with E-state index in [1.807, 2.05) is 13.8 Å². The van der Waals surface area contributed by atoms with Crippen LogP contribution in [0.4, 0.5) is 0 Å². The molecule has 1 atom stereocenters. The van der Waals surface area contributed by atoms with Crippen LogP contribution < -0.4 is 5.32 Å². The molecule has 0 aliphatic carbocycles. The second-order valence-corrected chi connectivity index (χ2v) is 6.14. The SMILES string of the molecule is COC(=O)c1cc(CBr)cnc1C1=NC(C)(C(C)C)C(=O)N1. The minimum atomic E-state index is -0.863. The number of pyridine rings is 1. The predicted octanol–water partition coefficient (Wildman–Crippen LogP) is 2.05. The number of alkyl halides is 1. The fourth-order valence-electron chi connectivity index (χ4n) is 2.08. The van der Waals surface area contributed by atoms with E-state index in [2.05, 4.69) is 31.2 Å². The number of halogens is 1. The number of methoxy groups -OCH3 is 1. The molecule has 0 saturated carbocycles. The summed E-state index contributed by atoms with van der Waals surface area (Å²) in [4.78, 5) is 33.0. The van der Waals surface area contributed by atoms with Crippen LogP contribution in [-0.4, -0.2) is 35.3 Å². The first-order valence-electron chi connectivity index (χ1n) is 6.88. The maximum atomic E-state index is 12.2. The number of amides is 1. The van der Waals surface area contributed by atoms with Crippen molar-refractivity contribution in [3.8, 4) is 0 Å². The Balaban J connectivity index is 2.54. The van der Waals surface area contributed by atoms with Crippen molar-refractivity contribution in [2.24, 2.45) is 10.9 Å². The number of aliphatic imine (C=N–C) groups is 1. The van der Waals surface area contributed by atoms with Gasteiger partial charge in [0.05, 0.1) is 12.7 Å². The number of nitrogens with one attached hydrogen (secondary N) is 1. The van der Waals surface area contributed by atoms with Gasteiger partial charge in [-0.25, -0.2) is 9.79 Å². The molecule has 1 N–H and O–H groups in total. The largest absolute Gasteiger partial charge is 0.465 e. The molecular formula is C15H18BrN3O3. The van der Waals surface area contributed by atoms with Crippen LogP contribution in [0, 0.1) is 5.92 Å². The van der Waals surface area contributed by atoms with Crippen LogP contribution >= 0.6 is 15.9 Å². The van der Waals surface area contributed by atoms with E-state index in [1.165, 1.54) is 7.11 Å². The van der Waals surface area contributed by atoms with Gasteiger partial charge in [0, 0.05) is 11.5 Å². The molecule has 2 rings (SSSR count). The summed E-state index contributed by atoms with van der Waals surface area (Å²) in [5.74, 6) is -0.379. The van der Waals surface area contributed by atoms with Gasteiger partial charge in [-0.05, 0) is 24.5 Å². The number of hydrogen-bond acceptors (Lipinski definition) is 5. The third-order valence-electron chi connectivity index (χ3n) is 3.89. The summed E-state index contributed by atoms with van der Waals surface area (Å²) >= 11 is 3.33. The van der Waals surface area contributed by atoms with Crippen LogP contribution in [-0.2, 0) is 14.9 Å². The lowest BCUT2D eigenvalue weighted by atomic mass is 9.89. The second kappa shape index (κ2) is 6.16. The summed E-state index contributed by atoms with van der Waals surface area (Å²) in [5, 5.41) is 3.29. The summed E-state index contributed by atoms with van der Waals surface area (Å²) in [6.07, 6.45) is 1.64. The Morgan fingerprint density at radius 2 is 2.18 bits per heavy atom. The normalized spacial score (nSPS) is 20.8. The van der Waals surface area contributed by atoms with Crippen LogP contribution in [0.25, 0.3) is 0 Å². The number of ether oxygens (including phenoxy) is 1. The Kier molecular flexibility index (Phi) is 4.65. The first kappa shape index (κ1) is 16.6. The summed E-state index contributed by atoms with van der Waals surface area (Å²) in [7, 11) is 1.31. The van der Waals surface area contributed by atoms with Crippen LogP contribution in [0.2, 0.25) is 0 Å². The first-order chi connectivity index (χ1) is 10.3. The molecule has 2 heterocycles. The average molecular weight is 368 g/mol. The molecule has 0 radical (unpaired) electrons. The Bertz CT molecular complexity index is 657. The van der Waals surface area contributed by atoms with Gasteiger partial charge < -0.3 is 10.1 Å². The zero-order valence-corrected chi connectivity index (χ0v) is 14.5. The van der Waals surface area contributed by atoms with Crippen molar-refractivity contribution >= 4 is 33.6 Å². The second-order valence-electron chi connectivity index (χ2n) is 5.58. The van der Waals surface area contributed by atoms with E-state index >= 15 is 0 Å². The highest BCUT2D eigenvalue weighted by atomic mass is 79.9. The lowest BCUT2D eigenvalue weighted by molar-refractivity contribution is -0.124. The third kappa shape index (κ3) is 2.77. The number of esters is 1. The number of hydrogen-bond donors (Lipinski definition) is 1. The highest BCUT2D eigenvalue weighted by Crippen LogP contribution is 2.27. The number of rotatable bonds is 4. The van der Waals surface area contributed by atoms with Gasteiger partial charge in [-0.2, -0.15) is 0 Å². The Morgan fingerprint density at radius 1 is 1.50 bits per heavy atom. The highest BCUT2D eigenvalue weighted by Gasteiger charge is 2.43. The summed E-state index contributed by atoms with van der Waals surface area (Å²) < 4.78 is 4.80. The van der Waals surface area contributed by atoms with E-state index in [9.17, 15) is 9.59 Å². The number of amidine groups is 1. The van der Waals surface area contributed by atoms with Gasteiger partial charge in [-0.15, -0.1) is 0 Å². The quantitative estimate of drug-likeness (QED) is 0.652. The van der Waals surface area contributed by atoms with E-state index in [-0.39, 0.29) is 17.4 Å². The molecule has 1 aliphatic heterocycles. The molecule has 6 nitrogen and oxygen atoms in total. The van der Waals surface area contributed by atoms with Gasteiger partial charge in [-0.1, -0.05) is 29.8 Å². The van der Waals surface area contributed by atoms with E-state index < -0.39 is 11.5 Å². The fourth-order valence-corrected chi connectivity index (χ4v) is 2.39. The standard InChI is InChI=1S/C15H18BrN3O3/c1-8(2)15(3)14(21)18-12(19-15)11-10(13(20)22-4)5-9(6-16)7-17-11/h5,7-8H,6H2,1-4H3,(H,18,19,21). The van der Waals surface area contributed by atoms with Crippen LogP contribution in [0.15, 0.2) is 17.3 Å². The molecule has 1 aromatic rings. The number of carbonyl (C=O) groups excluding carboxylic acids is 2. The maximum Gasteiger partial charge on any atom is 0.340 e. The molecule has 0 spiro atoms. The number of nitrogens with zero attached hydrogens (tertiary/aromatic N) is 2. The first-order valence-corrected chi connectivity index (χ1v) is 8.00. The van der Waals surface area contributed by atoms with Crippen molar-refractivity contribution in [2.45, 2.75) is 31.6 Å². The molecule has 7 heteroatoms. The molecule has 0 bridgehead atoms. The molecule has 1 aromatic heterocycles. The van der Waals surface area contributed by atoms with Crippen LogP contribution in [0.1, 0.15) is 42.4 Å². The van der Waals surface area contributed by atoms with Gasteiger partial charge in [0.1, 0.15) is 11.2 Å². The van der Waals surface area contributed by atoms with E-state index in [4.69, 9.17) is 4.74 Å². The smallest absolute Gasteiger partial charge is 0.340 e. The van der Waals surface area contributed by atoms with Crippen molar-refractivity contribution in [3.63, 3.8) is 0 Å². The molecular weight excluding hydrogens is 350 g/mol. The van der Waals surface area contributed by atoms with Crippen molar-refractivity contribution < 1.29 is 14.3 Å². The molecule has 118 valence electrons. The lowest BCUT2D eigenvalue weighted by Crippen LogP contribution is -2.41. The van der Waals surface area contributed by atoms with Crippen molar-refractivity contribution in [2.75, 3.05) is 7.11 Å². The molecule has 0 fully saturated rings. The Hall–Kier alpha value is -1.76. The Labute approximate surface area is 137 Å². The van der Waals surface area contributed by atoms with E-state index in [1.54, 1.807) is 19.2 Å². The fraction of sp³-hybridized carbons (Fsp3) is 0.467. The topological polar surface area (TPSA) is 80.7 Å². The molecule has 0 aromatic carbocycles. The minimum Gasteiger partial charge on any atom is -0.465 e. The van der Waals surface area contributed by atoms with Crippen LogP contribution in [0.5, 0.6) is 0 Å². The van der Waals surface area contributed by atoms with Gasteiger partial charge in [0.25, 0.3) is 5.91 Å². The minimum absolute atomic E-state index is 0.0217. The lowest BCUT2D eigenvalue weighted by Gasteiger charge is -2.21. The number of carbonyl (C=O) groups is 2. The number of aromatic nitrogens is 1. The van der Waals surface area contributed by atoms with Crippen molar-refractivity contribution in [3.05, 3.63) is 29.1 Å². The Morgan fingerprint density at radius 3 is 2.68 bits per heavy atom.